The van der Waals surface area contributed by atoms with Gasteiger partial charge in [-0.25, -0.2) is 4.79 Å². The number of nitrogens with zero attached hydrogens (tertiary/aromatic N) is 1. The maximum absolute atomic E-state index is 13.0. The van der Waals surface area contributed by atoms with E-state index in [-0.39, 0.29) is 40.9 Å². The van der Waals surface area contributed by atoms with Gasteiger partial charge in [-0.3, -0.25) is 4.79 Å². The molecule has 1 aliphatic rings. The predicted molar refractivity (Wildman–Crippen MR) is 139 cm³/mol. The van der Waals surface area contributed by atoms with Crippen LogP contribution in [0.5, 0.6) is 11.5 Å². The van der Waals surface area contributed by atoms with Crippen LogP contribution < -0.4 is 15.4 Å². The largest absolute Gasteiger partial charge is 0.504 e. The van der Waals surface area contributed by atoms with Gasteiger partial charge >= 0.3 is 5.97 Å². The molecule has 8 nitrogen and oxygen atoms in total. The topological polar surface area (TPSA) is 121 Å². The van der Waals surface area contributed by atoms with Crippen LogP contribution in [-0.2, 0) is 14.3 Å². The number of hydrogen-bond donors (Lipinski definition) is 3. The quantitative estimate of drug-likeness (QED) is 0.336. The highest BCUT2D eigenvalue weighted by molar-refractivity contribution is 8.03. The van der Waals surface area contributed by atoms with Crippen molar-refractivity contribution < 1.29 is 24.2 Å². The Kier molecular flexibility index (Phi) is 8.81. The summed E-state index contributed by atoms with van der Waals surface area (Å²) in [5.74, 6) is -1.48. The van der Waals surface area contributed by atoms with E-state index in [4.69, 9.17) is 9.47 Å². The molecule has 2 aromatic carbocycles. The van der Waals surface area contributed by atoms with Crippen molar-refractivity contribution in [3.8, 4) is 17.6 Å². The van der Waals surface area contributed by atoms with Gasteiger partial charge in [0.1, 0.15) is 6.61 Å². The Morgan fingerprint density at radius 3 is 2.72 bits per heavy atom. The summed E-state index contributed by atoms with van der Waals surface area (Å²) in [6, 6.07) is 14.3. The van der Waals surface area contributed by atoms with Crippen LogP contribution in [-0.4, -0.2) is 36.5 Å². The molecule has 1 aliphatic heterocycles. The van der Waals surface area contributed by atoms with Crippen molar-refractivity contribution in [2.75, 3.05) is 24.8 Å². The summed E-state index contributed by atoms with van der Waals surface area (Å²) >= 11 is 1.16. The number of aryl methyl sites for hydroxylation is 1. The van der Waals surface area contributed by atoms with Crippen LogP contribution in [0.2, 0.25) is 0 Å². The fourth-order valence-electron chi connectivity index (χ4n) is 3.77. The van der Waals surface area contributed by atoms with Crippen molar-refractivity contribution in [1.29, 1.82) is 5.26 Å². The predicted octanol–water partition coefficient (Wildman–Crippen LogP) is 4.51. The highest BCUT2D eigenvalue weighted by Gasteiger charge is 2.36. The number of methoxy groups -OCH3 is 1. The van der Waals surface area contributed by atoms with E-state index < -0.39 is 11.9 Å². The first-order valence-electron chi connectivity index (χ1n) is 11.0. The van der Waals surface area contributed by atoms with Crippen LogP contribution in [0.1, 0.15) is 24.0 Å². The van der Waals surface area contributed by atoms with Gasteiger partial charge in [-0.1, -0.05) is 42.6 Å². The third-order valence-electron chi connectivity index (χ3n) is 5.39. The number of esters is 1. The molecule has 0 radical (unpaired) electrons. The number of nitriles is 1. The molecule has 1 heterocycles. The Bertz CT molecular complexity index is 1290. The number of thioether (sulfide) groups is 1. The first-order valence-corrected chi connectivity index (χ1v) is 12.0. The molecular formula is C27H27N3O5S. The van der Waals surface area contributed by atoms with Gasteiger partial charge in [0.25, 0.3) is 0 Å². The van der Waals surface area contributed by atoms with E-state index in [1.165, 1.54) is 19.3 Å². The van der Waals surface area contributed by atoms with Gasteiger partial charge in [-0.05, 0) is 49.2 Å². The SMILES string of the molecule is C=CCOC(=O)C1=C(C)NC(SCC(=O)Nc2cccc(C)c2)=C(C#N)[C@H]1c1ccc(O)c(OC)c1. The Labute approximate surface area is 214 Å². The van der Waals surface area contributed by atoms with Crippen LogP contribution in [0.4, 0.5) is 5.69 Å². The van der Waals surface area contributed by atoms with Crippen molar-refractivity contribution in [2.45, 2.75) is 19.8 Å². The summed E-state index contributed by atoms with van der Waals surface area (Å²) in [6.07, 6.45) is 1.46. The van der Waals surface area contributed by atoms with E-state index in [2.05, 4.69) is 23.3 Å². The lowest BCUT2D eigenvalue weighted by atomic mass is 9.82. The number of phenols is 1. The number of anilines is 1. The van der Waals surface area contributed by atoms with Crippen LogP contribution in [0.15, 0.2) is 77.0 Å². The maximum Gasteiger partial charge on any atom is 0.337 e. The van der Waals surface area contributed by atoms with Crippen LogP contribution >= 0.6 is 11.8 Å². The number of allylic oxidation sites excluding steroid dienone is 2. The molecule has 186 valence electrons. The molecule has 0 fully saturated rings. The lowest BCUT2D eigenvalue weighted by molar-refractivity contribution is -0.138. The summed E-state index contributed by atoms with van der Waals surface area (Å²) in [5, 5.41) is 26.6. The standard InChI is InChI=1S/C27H27N3O5S/c1-5-11-35-27(33)24-17(3)29-26(36-15-23(32)30-19-8-6-7-16(2)12-19)20(14-28)25(24)18-9-10-21(31)22(13-18)34-4/h5-10,12-13,25,29,31H,1,11,15H2,2-4H3,(H,30,32)/t25-/m1/s1. The number of benzene rings is 2. The van der Waals surface area contributed by atoms with E-state index >= 15 is 0 Å². The zero-order valence-corrected chi connectivity index (χ0v) is 21.1. The Hall–Kier alpha value is -4.16. The summed E-state index contributed by atoms with van der Waals surface area (Å²) in [6.45, 7) is 7.22. The molecular weight excluding hydrogens is 478 g/mol. The van der Waals surface area contributed by atoms with Crippen LogP contribution in [0, 0.1) is 18.3 Å². The van der Waals surface area contributed by atoms with E-state index in [0.717, 1.165) is 17.3 Å². The smallest absolute Gasteiger partial charge is 0.337 e. The average Bonchev–Trinajstić information content (AvgIpc) is 2.85. The fraction of sp³-hybridized carbons (Fsp3) is 0.222. The minimum atomic E-state index is -0.801. The van der Waals surface area contributed by atoms with Crippen molar-refractivity contribution in [3.05, 3.63) is 88.1 Å². The van der Waals surface area contributed by atoms with E-state index in [1.54, 1.807) is 25.1 Å². The molecule has 1 amide bonds. The summed E-state index contributed by atoms with van der Waals surface area (Å²) in [7, 11) is 1.41. The van der Waals surface area contributed by atoms with Crippen LogP contribution in [0.25, 0.3) is 0 Å². The van der Waals surface area contributed by atoms with Gasteiger partial charge in [0.05, 0.1) is 41.0 Å². The molecule has 0 aliphatic carbocycles. The van der Waals surface area contributed by atoms with Crippen molar-refractivity contribution in [2.24, 2.45) is 0 Å². The number of dihydropyridines is 1. The molecule has 0 unspecified atom stereocenters. The van der Waals surface area contributed by atoms with Gasteiger partial charge in [0.15, 0.2) is 11.5 Å². The molecule has 36 heavy (non-hydrogen) atoms. The normalized spacial score (nSPS) is 15.0. The molecule has 0 saturated heterocycles. The summed E-state index contributed by atoms with van der Waals surface area (Å²) in [5.41, 5.74) is 3.23. The highest BCUT2D eigenvalue weighted by Crippen LogP contribution is 2.43. The number of carbonyl (C=O) groups excluding carboxylic acids is 2. The number of phenolic OH excluding ortho intramolecular Hbond substituents is 1. The second-order valence-corrected chi connectivity index (χ2v) is 8.96. The third-order valence-corrected chi connectivity index (χ3v) is 6.40. The number of rotatable bonds is 9. The number of aromatic hydroxyl groups is 1. The average molecular weight is 506 g/mol. The third kappa shape index (κ3) is 6.09. The minimum Gasteiger partial charge on any atom is -0.504 e. The van der Waals surface area contributed by atoms with Crippen molar-refractivity contribution in [1.82, 2.24) is 5.32 Å². The van der Waals surface area contributed by atoms with E-state index in [9.17, 15) is 20.0 Å². The van der Waals surface area contributed by atoms with Gasteiger partial charge < -0.3 is 25.2 Å². The number of amides is 1. The molecule has 3 rings (SSSR count). The lowest BCUT2D eigenvalue weighted by Crippen LogP contribution is -2.29. The molecule has 0 bridgehead atoms. The lowest BCUT2D eigenvalue weighted by Gasteiger charge is -2.29. The van der Waals surface area contributed by atoms with Crippen molar-refractivity contribution >= 4 is 29.3 Å². The van der Waals surface area contributed by atoms with E-state index in [1.807, 2.05) is 25.1 Å². The Morgan fingerprint density at radius 2 is 2.06 bits per heavy atom. The summed E-state index contributed by atoms with van der Waals surface area (Å²) < 4.78 is 10.5. The molecule has 0 aromatic heterocycles. The molecule has 0 saturated carbocycles. The van der Waals surface area contributed by atoms with Gasteiger partial charge in [0, 0.05) is 11.4 Å². The Morgan fingerprint density at radius 1 is 1.28 bits per heavy atom. The zero-order valence-electron chi connectivity index (χ0n) is 20.3. The molecule has 3 N–H and O–H groups in total. The zero-order chi connectivity index (χ0) is 26.2. The second kappa shape index (κ2) is 12.0. The van der Waals surface area contributed by atoms with Gasteiger partial charge in [0.2, 0.25) is 5.91 Å². The number of hydrogen-bond acceptors (Lipinski definition) is 8. The minimum absolute atomic E-state index is 0.00751. The Balaban J connectivity index is 1.95. The number of nitrogens with one attached hydrogen (secondary N) is 2. The molecule has 2 aromatic rings. The molecule has 1 atom stereocenters. The first-order chi connectivity index (χ1) is 17.3. The van der Waals surface area contributed by atoms with E-state index in [0.29, 0.717) is 22.0 Å². The first kappa shape index (κ1) is 26.4. The van der Waals surface area contributed by atoms with Crippen LogP contribution in [0.3, 0.4) is 0 Å². The van der Waals surface area contributed by atoms with Gasteiger partial charge in [-0.15, -0.1) is 0 Å². The highest BCUT2D eigenvalue weighted by atomic mass is 32.2. The second-order valence-electron chi connectivity index (χ2n) is 7.98. The molecule has 0 spiro atoms. The fourth-order valence-corrected chi connectivity index (χ4v) is 4.67. The monoisotopic (exact) mass is 505 g/mol. The van der Waals surface area contributed by atoms with Gasteiger partial charge in [-0.2, -0.15) is 5.26 Å². The number of carbonyl (C=O) groups is 2. The van der Waals surface area contributed by atoms with Crippen molar-refractivity contribution in [3.63, 3.8) is 0 Å². The summed E-state index contributed by atoms with van der Waals surface area (Å²) in [4.78, 5) is 25.6. The number of ether oxygens (including phenoxy) is 2. The molecule has 9 heteroatoms. The maximum atomic E-state index is 13.0.